The molecule has 0 aromatic heterocycles. The van der Waals surface area contributed by atoms with E-state index in [1.54, 1.807) is 13.3 Å². The fourth-order valence-electron chi connectivity index (χ4n) is 3.08. The van der Waals surface area contributed by atoms with Gasteiger partial charge in [-0.3, -0.25) is 4.99 Å². The molecule has 0 spiro atoms. The van der Waals surface area contributed by atoms with Crippen molar-refractivity contribution in [3.8, 4) is 0 Å². The van der Waals surface area contributed by atoms with Gasteiger partial charge in [-0.05, 0) is 51.2 Å². The van der Waals surface area contributed by atoms with E-state index >= 15 is 0 Å². The number of nitrogens with one attached hydrogen (secondary N) is 1. The first-order valence-corrected chi connectivity index (χ1v) is 10.1. The topological polar surface area (TPSA) is 69.2 Å². The Labute approximate surface area is 172 Å². The van der Waals surface area contributed by atoms with Gasteiger partial charge in [-0.15, -0.1) is 0 Å². The zero-order valence-corrected chi connectivity index (χ0v) is 17.5. The SMILES string of the molecule is CO/C(C)=C(/C=C1\CC(C)=CC=N1)OCC1(NC(=O)OCC2=CCCC=C2)CC1. The fourth-order valence-corrected chi connectivity index (χ4v) is 3.08. The predicted octanol–water partition coefficient (Wildman–Crippen LogP) is 4.72. The van der Waals surface area contributed by atoms with Gasteiger partial charge in [0.05, 0.1) is 12.6 Å². The number of alkyl carbamates (subject to hydrolysis) is 1. The molecule has 29 heavy (non-hydrogen) atoms. The summed E-state index contributed by atoms with van der Waals surface area (Å²) in [5.74, 6) is 1.31. The summed E-state index contributed by atoms with van der Waals surface area (Å²) in [6, 6.07) is 0. The molecular weight excluding hydrogens is 368 g/mol. The van der Waals surface area contributed by atoms with E-state index in [0.29, 0.717) is 24.7 Å². The number of carbonyl (C=O) groups is 1. The van der Waals surface area contributed by atoms with E-state index in [4.69, 9.17) is 14.2 Å². The van der Waals surface area contributed by atoms with Crippen molar-refractivity contribution in [1.82, 2.24) is 5.32 Å². The van der Waals surface area contributed by atoms with Crippen LogP contribution in [0, 0.1) is 0 Å². The Hall–Kier alpha value is -2.76. The van der Waals surface area contributed by atoms with E-state index in [1.807, 2.05) is 25.2 Å². The third-order valence-corrected chi connectivity index (χ3v) is 5.18. The monoisotopic (exact) mass is 398 g/mol. The number of amides is 1. The summed E-state index contributed by atoms with van der Waals surface area (Å²) >= 11 is 0. The standard InChI is InChI=1S/C23H30N2O4/c1-17-9-12-24-20(13-17)14-21(18(2)27-3)29-16-23(10-11-23)25-22(26)28-15-19-7-5-4-6-8-19/h5,7-9,12,14H,4,6,10-11,13,15-16H2,1-3H3,(H,25,26)/b20-14+,21-18-. The van der Waals surface area contributed by atoms with Crippen LogP contribution in [0.2, 0.25) is 0 Å². The summed E-state index contributed by atoms with van der Waals surface area (Å²) in [6.45, 7) is 4.59. The number of ether oxygens (including phenoxy) is 3. The number of carbonyl (C=O) groups excluding carboxylic acids is 1. The van der Waals surface area contributed by atoms with Crippen LogP contribution in [0.3, 0.4) is 0 Å². The van der Waals surface area contributed by atoms with Crippen LogP contribution in [0.15, 0.2) is 63.7 Å². The average Bonchev–Trinajstić information content (AvgIpc) is 3.49. The van der Waals surface area contributed by atoms with E-state index in [9.17, 15) is 4.79 Å². The molecule has 0 saturated heterocycles. The molecule has 156 valence electrons. The molecule has 0 unspecified atom stereocenters. The van der Waals surface area contributed by atoms with Crippen molar-refractivity contribution in [3.63, 3.8) is 0 Å². The molecule has 0 bridgehead atoms. The molecule has 2 aliphatic carbocycles. The molecule has 1 aliphatic heterocycles. The lowest BCUT2D eigenvalue weighted by Crippen LogP contribution is -2.40. The first-order chi connectivity index (χ1) is 14.0. The number of hydrogen-bond acceptors (Lipinski definition) is 5. The molecule has 3 aliphatic rings. The van der Waals surface area contributed by atoms with Crippen molar-refractivity contribution in [1.29, 1.82) is 0 Å². The van der Waals surface area contributed by atoms with E-state index in [0.717, 1.165) is 43.4 Å². The van der Waals surface area contributed by atoms with Crippen LogP contribution in [-0.2, 0) is 14.2 Å². The van der Waals surface area contributed by atoms with Crippen molar-refractivity contribution in [2.75, 3.05) is 20.3 Å². The number of allylic oxidation sites excluding steroid dienone is 6. The Bertz CT molecular complexity index is 811. The zero-order chi connectivity index (χ0) is 20.7. The van der Waals surface area contributed by atoms with Crippen LogP contribution < -0.4 is 5.32 Å². The summed E-state index contributed by atoms with van der Waals surface area (Å²) in [5.41, 5.74) is 2.82. The minimum absolute atomic E-state index is 0.296. The van der Waals surface area contributed by atoms with Crippen LogP contribution in [0.1, 0.15) is 46.0 Å². The van der Waals surface area contributed by atoms with Crippen molar-refractivity contribution < 1.29 is 19.0 Å². The van der Waals surface area contributed by atoms with Crippen LogP contribution in [0.25, 0.3) is 0 Å². The van der Waals surface area contributed by atoms with Gasteiger partial charge in [0.1, 0.15) is 19.0 Å². The maximum Gasteiger partial charge on any atom is 0.408 e. The molecule has 0 radical (unpaired) electrons. The van der Waals surface area contributed by atoms with Gasteiger partial charge in [0.15, 0.2) is 5.76 Å². The average molecular weight is 399 g/mol. The maximum absolute atomic E-state index is 12.2. The Morgan fingerprint density at radius 3 is 2.79 bits per heavy atom. The molecule has 1 amide bonds. The minimum atomic E-state index is -0.407. The second-order valence-corrected chi connectivity index (χ2v) is 7.76. The number of dihydropyridines is 1. The van der Waals surface area contributed by atoms with Crippen molar-refractivity contribution in [2.45, 2.75) is 51.5 Å². The molecular formula is C23H30N2O4. The van der Waals surface area contributed by atoms with Crippen LogP contribution >= 0.6 is 0 Å². The summed E-state index contributed by atoms with van der Waals surface area (Å²) in [4.78, 5) is 16.6. The molecule has 1 N–H and O–H groups in total. The summed E-state index contributed by atoms with van der Waals surface area (Å²) in [6.07, 6.45) is 16.0. The zero-order valence-electron chi connectivity index (χ0n) is 17.5. The first kappa shape index (κ1) is 21.0. The molecule has 6 heteroatoms. The van der Waals surface area contributed by atoms with Gasteiger partial charge >= 0.3 is 6.09 Å². The summed E-state index contributed by atoms with van der Waals surface area (Å²) in [5, 5.41) is 2.97. The van der Waals surface area contributed by atoms with Crippen molar-refractivity contribution >= 4 is 12.3 Å². The van der Waals surface area contributed by atoms with Gasteiger partial charge in [-0.1, -0.05) is 23.8 Å². The normalized spacial score (nSPS) is 21.7. The molecule has 1 saturated carbocycles. The van der Waals surface area contributed by atoms with Crippen LogP contribution in [-0.4, -0.2) is 38.2 Å². The number of hydrogen-bond donors (Lipinski definition) is 1. The molecule has 3 rings (SSSR count). The van der Waals surface area contributed by atoms with E-state index in [1.165, 1.54) is 5.57 Å². The number of rotatable bonds is 8. The van der Waals surface area contributed by atoms with Gasteiger partial charge in [0.2, 0.25) is 0 Å². The van der Waals surface area contributed by atoms with Crippen LogP contribution in [0.4, 0.5) is 4.79 Å². The Morgan fingerprint density at radius 2 is 2.14 bits per heavy atom. The second-order valence-electron chi connectivity index (χ2n) is 7.76. The van der Waals surface area contributed by atoms with Gasteiger partial charge in [-0.2, -0.15) is 0 Å². The summed E-state index contributed by atoms with van der Waals surface area (Å²) < 4.78 is 16.8. The maximum atomic E-state index is 12.2. The smallest absolute Gasteiger partial charge is 0.408 e. The number of nitrogens with zero attached hydrogens (tertiary/aromatic N) is 1. The highest BCUT2D eigenvalue weighted by Crippen LogP contribution is 2.36. The lowest BCUT2D eigenvalue weighted by Gasteiger charge is -2.20. The molecule has 1 heterocycles. The Balaban J connectivity index is 1.53. The Morgan fingerprint density at radius 1 is 1.31 bits per heavy atom. The van der Waals surface area contributed by atoms with Crippen molar-refractivity contribution in [2.24, 2.45) is 4.99 Å². The lowest BCUT2D eigenvalue weighted by molar-refractivity contribution is 0.128. The second kappa shape index (κ2) is 9.63. The highest BCUT2D eigenvalue weighted by Gasteiger charge is 2.45. The fraction of sp³-hybridized carbons (Fsp3) is 0.478. The highest BCUT2D eigenvalue weighted by atomic mass is 16.6. The largest absolute Gasteiger partial charge is 0.498 e. The molecule has 1 fully saturated rings. The third kappa shape index (κ3) is 6.38. The van der Waals surface area contributed by atoms with Gasteiger partial charge < -0.3 is 19.5 Å². The molecule has 0 atom stereocenters. The molecule has 6 nitrogen and oxygen atoms in total. The van der Waals surface area contributed by atoms with Crippen molar-refractivity contribution in [3.05, 3.63) is 58.7 Å². The van der Waals surface area contributed by atoms with E-state index in [2.05, 4.69) is 29.4 Å². The Kier molecular flexibility index (Phi) is 6.96. The minimum Gasteiger partial charge on any atom is -0.498 e. The van der Waals surface area contributed by atoms with Gasteiger partial charge in [0, 0.05) is 24.4 Å². The van der Waals surface area contributed by atoms with Gasteiger partial charge in [-0.25, -0.2) is 4.79 Å². The molecule has 0 aromatic carbocycles. The predicted molar refractivity (Wildman–Crippen MR) is 114 cm³/mol. The first-order valence-electron chi connectivity index (χ1n) is 10.1. The molecule has 0 aromatic rings. The highest BCUT2D eigenvalue weighted by molar-refractivity contribution is 5.75. The van der Waals surface area contributed by atoms with Crippen LogP contribution in [0.5, 0.6) is 0 Å². The number of methoxy groups -OCH3 is 1. The summed E-state index contributed by atoms with van der Waals surface area (Å²) in [7, 11) is 1.61. The van der Waals surface area contributed by atoms with E-state index < -0.39 is 6.09 Å². The lowest BCUT2D eigenvalue weighted by atomic mass is 10.1. The number of aliphatic imine (C=N–C) groups is 1. The quantitative estimate of drug-likeness (QED) is 0.601. The third-order valence-electron chi connectivity index (χ3n) is 5.18. The van der Waals surface area contributed by atoms with E-state index in [-0.39, 0.29) is 5.54 Å². The van der Waals surface area contributed by atoms with Gasteiger partial charge in [0.25, 0.3) is 0 Å².